The van der Waals surface area contributed by atoms with Gasteiger partial charge in [0.1, 0.15) is 11.6 Å². The van der Waals surface area contributed by atoms with Crippen molar-refractivity contribution in [3.05, 3.63) is 30.5 Å². The summed E-state index contributed by atoms with van der Waals surface area (Å²) in [5.41, 5.74) is 0.0800. The Hall–Kier alpha value is -1.81. The molecule has 3 rings (SSSR count). The van der Waals surface area contributed by atoms with E-state index in [1.165, 1.54) is 0 Å². The summed E-state index contributed by atoms with van der Waals surface area (Å²) < 4.78 is 5.77. The van der Waals surface area contributed by atoms with Crippen LogP contribution in [0.1, 0.15) is 27.2 Å². The molecule has 1 aliphatic rings. The van der Waals surface area contributed by atoms with Crippen LogP contribution in [0.25, 0.3) is 10.8 Å². The molecular formula is C17H22N2O2. The number of hydrogen-bond donors (Lipinski definition) is 2. The van der Waals surface area contributed by atoms with E-state index in [1.807, 2.05) is 19.1 Å². The number of nitrogens with zero attached hydrogens (tertiary/aromatic N) is 1. The molecular weight excluding hydrogens is 264 g/mol. The van der Waals surface area contributed by atoms with E-state index in [1.54, 1.807) is 18.3 Å². The fourth-order valence-electron chi connectivity index (χ4n) is 3.05. The minimum Gasteiger partial charge on any atom is -0.508 e. The van der Waals surface area contributed by atoms with Crippen LogP contribution in [0.2, 0.25) is 0 Å². The number of benzene rings is 1. The van der Waals surface area contributed by atoms with Gasteiger partial charge >= 0.3 is 0 Å². The fraction of sp³-hybridized carbons (Fsp3) is 0.471. The Morgan fingerprint density at radius 2 is 2.19 bits per heavy atom. The summed E-state index contributed by atoms with van der Waals surface area (Å²) in [6, 6.07) is 7.65. The lowest BCUT2D eigenvalue weighted by Gasteiger charge is -2.51. The van der Waals surface area contributed by atoms with E-state index in [-0.39, 0.29) is 11.2 Å². The lowest BCUT2D eigenvalue weighted by molar-refractivity contribution is -0.0976. The number of rotatable bonds is 4. The van der Waals surface area contributed by atoms with Crippen molar-refractivity contribution in [3.63, 3.8) is 0 Å². The van der Waals surface area contributed by atoms with E-state index in [0.717, 1.165) is 29.6 Å². The van der Waals surface area contributed by atoms with Gasteiger partial charge in [-0.15, -0.1) is 0 Å². The van der Waals surface area contributed by atoms with Crippen LogP contribution in [-0.2, 0) is 4.74 Å². The molecule has 112 valence electrons. The maximum atomic E-state index is 9.70. The van der Waals surface area contributed by atoms with E-state index in [0.29, 0.717) is 12.1 Å². The van der Waals surface area contributed by atoms with E-state index in [9.17, 15) is 5.11 Å². The molecule has 1 saturated carbocycles. The third kappa shape index (κ3) is 2.44. The third-order valence-corrected chi connectivity index (χ3v) is 4.61. The summed E-state index contributed by atoms with van der Waals surface area (Å²) in [5, 5.41) is 15.2. The molecule has 21 heavy (non-hydrogen) atoms. The van der Waals surface area contributed by atoms with Gasteiger partial charge in [-0.2, -0.15) is 0 Å². The van der Waals surface area contributed by atoms with Gasteiger partial charge in [0, 0.05) is 29.6 Å². The van der Waals surface area contributed by atoms with Crippen LogP contribution < -0.4 is 5.32 Å². The Kier molecular flexibility index (Phi) is 3.49. The number of aromatic hydroxyl groups is 1. The van der Waals surface area contributed by atoms with Gasteiger partial charge in [-0.3, -0.25) is 0 Å². The minimum atomic E-state index is 0.0800. The molecule has 0 saturated heterocycles. The summed E-state index contributed by atoms with van der Waals surface area (Å²) in [6.07, 6.45) is 3.08. The molecule has 1 aromatic carbocycles. The van der Waals surface area contributed by atoms with E-state index >= 15 is 0 Å². The maximum absolute atomic E-state index is 9.70. The first kappa shape index (κ1) is 14.1. The number of ether oxygens (including phenoxy) is 1. The number of pyridine rings is 1. The Labute approximate surface area is 125 Å². The zero-order valence-electron chi connectivity index (χ0n) is 12.8. The van der Waals surface area contributed by atoms with Crippen molar-refractivity contribution in [1.29, 1.82) is 0 Å². The zero-order valence-corrected chi connectivity index (χ0v) is 12.8. The van der Waals surface area contributed by atoms with Crippen molar-refractivity contribution >= 4 is 16.6 Å². The molecule has 0 bridgehead atoms. The Bertz CT molecular complexity index is 654. The van der Waals surface area contributed by atoms with Gasteiger partial charge in [0.05, 0.1) is 6.10 Å². The van der Waals surface area contributed by atoms with Crippen molar-refractivity contribution in [3.8, 4) is 5.75 Å². The smallest absolute Gasteiger partial charge is 0.134 e. The lowest BCUT2D eigenvalue weighted by atomic mass is 9.64. The van der Waals surface area contributed by atoms with E-state index in [2.05, 4.69) is 24.1 Å². The van der Waals surface area contributed by atoms with Crippen LogP contribution in [0.3, 0.4) is 0 Å². The molecule has 2 unspecified atom stereocenters. The highest BCUT2D eigenvalue weighted by molar-refractivity contribution is 5.92. The Balaban J connectivity index is 1.85. The second-order valence-corrected chi connectivity index (χ2v) is 6.26. The molecule has 4 nitrogen and oxygen atoms in total. The average molecular weight is 286 g/mol. The highest BCUT2D eigenvalue weighted by Gasteiger charge is 2.49. The van der Waals surface area contributed by atoms with Crippen molar-refractivity contribution in [2.45, 2.75) is 39.3 Å². The summed E-state index contributed by atoms with van der Waals surface area (Å²) in [5.74, 6) is 1.09. The summed E-state index contributed by atoms with van der Waals surface area (Å²) in [4.78, 5) is 4.44. The van der Waals surface area contributed by atoms with E-state index < -0.39 is 0 Å². The van der Waals surface area contributed by atoms with Crippen LogP contribution >= 0.6 is 0 Å². The number of phenols is 1. The first-order chi connectivity index (χ1) is 10.0. The number of anilines is 1. The number of fused-ring (bicyclic) bond motifs is 1. The van der Waals surface area contributed by atoms with Gasteiger partial charge in [-0.25, -0.2) is 4.98 Å². The molecule has 1 heterocycles. The highest BCUT2D eigenvalue weighted by Crippen LogP contribution is 2.44. The van der Waals surface area contributed by atoms with Crippen LogP contribution in [0.4, 0.5) is 5.82 Å². The molecule has 0 spiro atoms. The Morgan fingerprint density at radius 3 is 2.90 bits per heavy atom. The van der Waals surface area contributed by atoms with Gasteiger partial charge in [0.15, 0.2) is 0 Å². The van der Waals surface area contributed by atoms with Crippen molar-refractivity contribution < 1.29 is 9.84 Å². The molecule has 0 radical (unpaired) electrons. The highest BCUT2D eigenvalue weighted by atomic mass is 16.5. The zero-order chi connectivity index (χ0) is 15.0. The van der Waals surface area contributed by atoms with Crippen LogP contribution in [0.15, 0.2) is 30.5 Å². The number of hydrogen-bond acceptors (Lipinski definition) is 4. The molecule has 0 amide bonds. The van der Waals surface area contributed by atoms with Crippen molar-refractivity contribution in [2.24, 2.45) is 5.41 Å². The molecule has 2 N–H and O–H groups in total. The number of aromatic nitrogens is 1. The largest absolute Gasteiger partial charge is 0.508 e. The van der Waals surface area contributed by atoms with Crippen molar-refractivity contribution in [2.75, 3.05) is 11.9 Å². The molecule has 2 aromatic rings. The van der Waals surface area contributed by atoms with Crippen molar-refractivity contribution in [1.82, 2.24) is 4.98 Å². The van der Waals surface area contributed by atoms with E-state index in [4.69, 9.17) is 4.74 Å². The first-order valence-electron chi connectivity index (χ1n) is 7.48. The minimum absolute atomic E-state index is 0.0800. The third-order valence-electron chi connectivity index (χ3n) is 4.61. The maximum Gasteiger partial charge on any atom is 0.134 e. The molecule has 1 fully saturated rings. The topological polar surface area (TPSA) is 54.4 Å². The monoisotopic (exact) mass is 286 g/mol. The van der Waals surface area contributed by atoms with Gasteiger partial charge < -0.3 is 15.2 Å². The van der Waals surface area contributed by atoms with Crippen LogP contribution in [0, 0.1) is 5.41 Å². The van der Waals surface area contributed by atoms with Crippen LogP contribution in [-0.4, -0.2) is 28.8 Å². The molecule has 1 aromatic heterocycles. The SMILES string of the molecule is CCOC1CC(Nc2nccc3ccc(O)cc23)C1(C)C. The summed E-state index contributed by atoms with van der Waals surface area (Å²) >= 11 is 0. The predicted molar refractivity (Wildman–Crippen MR) is 84.6 cm³/mol. The standard InChI is InChI=1S/C17H22N2O2/c1-4-21-15-10-14(17(15,2)3)19-16-13-9-12(20)6-5-11(13)7-8-18-16/h5-9,14-15,20H,4,10H2,1-3H3,(H,18,19). The second kappa shape index (κ2) is 5.19. The fourth-order valence-corrected chi connectivity index (χ4v) is 3.05. The first-order valence-corrected chi connectivity index (χ1v) is 7.48. The lowest BCUT2D eigenvalue weighted by Crippen LogP contribution is -2.58. The van der Waals surface area contributed by atoms with Gasteiger partial charge in [-0.05, 0) is 36.9 Å². The predicted octanol–water partition coefficient (Wildman–Crippen LogP) is 3.56. The quantitative estimate of drug-likeness (QED) is 0.902. The van der Waals surface area contributed by atoms with Gasteiger partial charge in [0.2, 0.25) is 0 Å². The number of phenolic OH excluding ortho intramolecular Hbond substituents is 1. The molecule has 2 atom stereocenters. The van der Waals surface area contributed by atoms with Gasteiger partial charge in [-0.1, -0.05) is 19.9 Å². The summed E-state index contributed by atoms with van der Waals surface area (Å²) in [6.45, 7) is 7.22. The molecule has 1 aliphatic carbocycles. The summed E-state index contributed by atoms with van der Waals surface area (Å²) in [7, 11) is 0. The number of nitrogens with one attached hydrogen (secondary N) is 1. The normalized spacial score (nSPS) is 23.8. The van der Waals surface area contributed by atoms with Gasteiger partial charge in [0.25, 0.3) is 0 Å². The second-order valence-electron chi connectivity index (χ2n) is 6.26. The Morgan fingerprint density at radius 1 is 1.38 bits per heavy atom. The van der Waals surface area contributed by atoms with Crippen LogP contribution in [0.5, 0.6) is 5.75 Å². The molecule has 0 aliphatic heterocycles. The average Bonchev–Trinajstić information content (AvgIpc) is 2.46. The molecule has 4 heteroatoms.